The molecule has 4 rings (SSSR count). The number of aromatic amines is 1. The van der Waals surface area contributed by atoms with Gasteiger partial charge in [0, 0.05) is 6.08 Å². The van der Waals surface area contributed by atoms with Crippen LogP contribution in [0.25, 0.3) is 22.6 Å². The van der Waals surface area contributed by atoms with Crippen molar-refractivity contribution in [1.29, 1.82) is 0 Å². The Morgan fingerprint density at radius 3 is 2.28 bits per heavy atom. The number of benzene rings is 2. The van der Waals surface area contributed by atoms with Crippen LogP contribution in [0.2, 0.25) is 0 Å². The molecule has 1 fully saturated rings. The summed E-state index contributed by atoms with van der Waals surface area (Å²) in [6, 6.07) is 13.6. The minimum atomic E-state index is -0.973. The fourth-order valence-electron chi connectivity index (χ4n) is 5.45. The summed E-state index contributed by atoms with van der Waals surface area (Å²) in [5.74, 6) is -1.40. The van der Waals surface area contributed by atoms with E-state index >= 15 is 0 Å². The topological polar surface area (TPSA) is 66.0 Å². The molecule has 0 radical (unpaired) electrons. The van der Waals surface area contributed by atoms with E-state index in [0.717, 1.165) is 47.6 Å². The monoisotopic (exact) mass is 432 g/mol. The fourth-order valence-corrected chi connectivity index (χ4v) is 5.45. The molecule has 1 aliphatic rings. The molecule has 0 bridgehead atoms. The standard InChI is InChI=1S/C27H29FN2O2/c1-26(2)14-20(15-27(3,4)16-26)24(18-8-5-17(6-9-18)7-12-23(31)32)19-10-11-22-21(13-19)25(28)30-29-22/h5-13H,14-16H2,1-4H3,(H,29,30)(H,31,32). The summed E-state index contributed by atoms with van der Waals surface area (Å²) in [7, 11) is 0. The Morgan fingerprint density at radius 2 is 1.66 bits per heavy atom. The second-order valence-corrected chi connectivity index (χ2v) is 10.4. The lowest BCUT2D eigenvalue weighted by molar-refractivity contribution is -0.131. The number of hydrogen-bond donors (Lipinski definition) is 2. The van der Waals surface area contributed by atoms with E-state index < -0.39 is 11.9 Å². The average Bonchev–Trinajstić information content (AvgIpc) is 3.06. The molecule has 1 saturated carbocycles. The predicted molar refractivity (Wildman–Crippen MR) is 127 cm³/mol. The van der Waals surface area contributed by atoms with Crippen molar-refractivity contribution >= 4 is 28.5 Å². The largest absolute Gasteiger partial charge is 0.478 e. The van der Waals surface area contributed by atoms with Crippen LogP contribution < -0.4 is 0 Å². The zero-order valence-electron chi connectivity index (χ0n) is 19.0. The van der Waals surface area contributed by atoms with Crippen LogP contribution in [0.4, 0.5) is 4.39 Å². The maximum atomic E-state index is 14.3. The van der Waals surface area contributed by atoms with Gasteiger partial charge in [0.15, 0.2) is 0 Å². The van der Waals surface area contributed by atoms with Gasteiger partial charge in [0.05, 0.1) is 10.9 Å². The smallest absolute Gasteiger partial charge is 0.328 e. The zero-order chi connectivity index (χ0) is 23.1. The first-order chi connectivity index (χ1) is 15.0. The number of halogens is 1. The van der Waals surface area contributed by atoms with Gasteiger partial charge >= 0.3 is 5.97 Å². The number of carboxylic acid groups (broad SMARTS) is 1. The Labute approximate surface area is 187 Å². The number of nitrogens with one attached hydrogen (secondary N) is 1. The van der Waals surface area contributed by atoms with Gasteiger partial charge < -0.3 is 5.11 Å². The summed E-state index contributed by atoms with van der Waals surface area (Å²) in [5, 5.41) is 15.8. The number of rotatable bonds is 4. The van der Waals surface area contributed by atoms with Gasteiger partial charge in [0.2, 0.25) is 5.95 Å². The first-order valence-electron chi connectivity index (χ1n) is 10.9. The quantitative estimate of drug-likeness (QED) is 0.444. The summed E-state index contributed by atoms with van der Waals surface area (Å²) in [4.78, 5) is 10.8. The molecule has 0 saturated heterocycles. The highest BCUT2D eigenvalue weighted by molar-refractivity contribution is 5.89. The van der Waals surface area contributed by atoms with Crippen LogP contribution in [0.3, 0.4) is 0 Å². The van der Waals surface area contributed by atoms with Crippen molar-refractivity contribution in [2.75, 3.05) is 0 Å². The SMILES string of the molecule is CC1(C)CC(=C(c2ccc(C=CC(=O)O)cc2)c2ccc3n[nH]c(F)c3c2)CC(C)(C)C1. The third-order valence-corrected chi connectivity index (χ3v) is 6.11. The van der Waals surface area contributed by atoms with Crippen molar-refractivity contribution in [1.82, 2.24) is 10.2 Å². The molecule has 2 aromatic carbocycles. The first-order valence-corrected chi connectivity index (χ1v) is 10.9. The molecule has 5 heteroatoms. The van der Waals surface area contributed by atoms with Crippen molar-refractivity contribution in [3.8, 4) is 0 Å². The molecular weight excluding hydrogens is 403 g/mol. The van der Waals surface area contributed by atoms with Crippen LogP contribution in [0.15, 0.2) is 54.1 Å². The van der Waals surface area contributed by atoms with E-state index in [9.17, 15) is 9.18 Å². The van der Waals surface area contributed by atoms with Gasteiger partial charge in [-0.15, -0.1) is 0 Å². The van der Waals surface area contributed by atoms with Crippen molar-refractivity contribution in [2.24, 2.45) is 10.8 Å². The Kier molecular flexibility index (Phi) is 5.53. The minimum Gasteiger partial charge on any atom is -0.478 e. The molecule has 0 unspecified atom stereocenters. The number of carbonyl (C=O) groups is 1. The highest BCUT2D eigenvalue weighted by Gasteiger charge is 2.37. The maximum absolute atomic E-state index is 14.3. The summed E-state index contributed by atoms with van der Waals surface area (Å²) in [6.45, 7) is 9.24. The molecule has 0 spiro atoms. The Bertz CT molecular complexity index is 1210. The van der Waals surface area contributed by atoms with Gasteiger partial charge in [-0.25, -0.2) is 4.79 Å². The van der Waals surface area contributed by atoms with Gasteiger partial charge in [-0.1, -0.05) is 63.6 Å². The van der Waals surface area contributed by atoms with Crippen LogP contribution >= 0.6 is 0 Å². The number of hydrogen-bond acceptors (Lipinski definition) is 2. The highest BCUT2D eigenvalue weighted by Crippen LogP contribution is 2.51. The zero-order valence-corrected chi connectivity index (χ0v) is 19.0. The number of H-pyrrole nitrogens is 1. The molecule has 3 aromatic rings. The lowest BCUT2D eigenvalue weighted by atomic mass is 9.62. The second-order valence-electron chi connectivity index (χ2n) is 10.4. The Balaban J connectivity index is 1.88. The number of fused-ring (bicyclic) bond motifs is 1. The molecule has 1 aliphatic carbocycles. The summed E-state index contributed by atoms with van der Waals surface area (Å²) < 4.78 is 14.3. The van der Waals surface area contributed by atoms with Crippen molar-refractivity contribution in [3.05, 3.63) is 76.8 Å². The van der Waals surface area contributed by atoms with E-state index in [-0.39, 0.29) is 10.8 Å². The number of allylic oxidation sites excluding steroid dienone is 1. The lowest BCUT2D eigenvalue weighted by Gasteiger charge is -2.43. The number of aliphatic carboxylic acids is 1. The van der Waals surface area contributed by atoms with Crippen molar-refractivity contribution < 1.29 is 14.3 Å². The predicted octanol–water partition coefficient (Wildman–Crippen LogP) is 6.84. The maximum Gasteiger partial charge on any atom is 0.328 e. The minimum absolute atomic E-state index is 0.164. The van der Waals surface area contributed by atoms with Crippen LogP contribution in [0.1, 0.15) is 63.6 Å². The normalized spacial score (nSPS) is 17.7. The van der Waals surface area contributed by atoms with Crippen LogP contribution in [0.5, 0.6) is 0 Å². The molecule has 0 aliphatic heterocycles. The lowest BCUT2D eigenvalue weighted by Crippen LogP contribution is -2.30. The first kappa shape index (κ1) is 22.0. The molecule has 32 heavy (non-hydrogen) atoms. The number of nitrogens with zero attached hydrogens (tertiary/aromatic N) is 1. The molecule has 2 N–H and O–H groups in total. The Morgan fingerprint density at radius 1 is 1.03 bits per heavy atom. The van der Waals surface area contributed by atoms with E-state index in [2.05, 4.69) is 37.9 Å². The average molecular weight is 433 g/mol. The van der Waals surface area contributed by atoms with Gasteiger partial charge in [-0.3, -0.25) is 5.10 Å². The highest BCUT2D eigenvalue weighted by atomic mass is 19.1. The molecule has 1 aromatic heterocycles. The molecule has 166 valence electrons. The van der Waals surface area contributed by atoms with Gasteiger partial charge in [0.1, 0.15) is 0 Å². The Hall–Kier alpha value is -3.21. The van der Waals surface area contributed by atoms with Crippen molar-refractivity contribution in [3.63, 3.8) is 0 Å². The second kappa shape index (κ2) is 8.05. The third-order valence-electron chi connectivity index (χ3n) is 6.11. The van der Waals surface area contributed by atoms with E-state index in [1.54, 1.807) is 6.08 Å². The molecule has 1 heterocycles. The molecule has 0 atom stereocenters. The molecule has 0 amide bonds. The third kappa shape index (κ3) is 4.67. The van der Waals surface area contributed by atoms with Gasteiger partial charge in [-0.05, 0) is 70.6 Å². The van der Waals surface area contributed by atoms with Gasteiger partial charge in [-0.2, -0.15) is 9.49 Å². The van der Waals surface area contributed by atoms with E-state index in [0.29, 0.717) is 10.9 Å². The van der Waals surface area contributed by atoms with E-state index in [1.165, 1.54) is 5.57 Å². The number of aromatic nitrogens is 2. The van der Waals surface area contributed by atoms with Crippen LogP contribution in [0, 0.1) is 16.8 Å². The molecular formula is C27H29FN2O2. The summed E-state index contributed by atoms with van der Waals surface area (Å²) in [6.07, 6.45) is 5.80. The van der Waals surface area contributed by atoms with Crippen LogP contribution in [-0.2, 0) is 4.79 Å². The van der Waals surface area contributed by atoms with Gasteiger partial charge in [0.25, 0.3) is 0 Å². The van der Waals surface area contributed by atoms with Crippen molar-refractivity contribution in [2.45, 2.75) is 47.0 Å². The van der Waals surface area contributed by atoms with E-state index in [4.69, 9.17) is 5.11 Å². The van der Waals surface area contributed by atoms with E-state index in [1.807, 2.05) is 42.5 Å². The summed E-state index contributed by atoms with van der Waals surface area (Å²) in [5.41, 5.74) is 6.26. The van der Waals surface area contributed by atoms with Crippen LogP contribution in [-0.4, -0.2) is 21.3 Å². The fraction of sp³-hybridized carbons (Fsp3) is 0.333. The molecule has 4 nitrogen and oxygen atoms in total. The summed E-state index contributed by atoms with van der Waals surface area (Å²) >= 11 is 0. The number of carboxylic acids is 1.